The van der Waals surface area contributed by atoms with Crippen LogP contribution < -0.4 is 5.32 Å². The summed E-state index contributed by atoms with van der Waals surface area (Å²) in [5.74, 6) is -0.122. The molecular weight excluding hydrogens is 570 g/mol. The maximum atomic E-state index is 13.0. The highest BCUT2D eigenvalue weighted by Gasteiger charge is 2.36. The van der Waals surface area contributed by atoms with E-state index in [2.05, 4.69) is 40.9 Å². The van der Waals surface area contributed by atoms with Crippen LogP contribution >= 0.6 is 11.6 Å². The van der Waals surface area contributed by atoms with E-state index < -0.39 is 17.0 Å². The fraction of sp³-hybridized carbons (Fsp3) is 0.500. The van der Waals surface area contributed by atoms with E-state index in [9.17, 15) is 9.00 Å². The molecule has 0 aromatic heterocycles. The number of halogens is 1. The molecule has 4 atom stereocenters. The van der Waals surface area contributed by atoms with Gasteiger partial charge in [0.2, 0.25) is 5.91 Å². The van der Waals surface area contributed by atoms with E-state index in [4.69, 9.17) is 16.3 Å². The first-order chi connectivity index (χ1) is 20.0. The third-order valence-electron chi connectivity index (χ3n) is 7.71. The summed E-state index contributed by atoms with van der Waals surface area (Å²) in [6, 6.07) is 5.58. The van der Waals surface area contributed by atoms with Crippen LogP contribution in [0, 0.1) is 5.92 Å². The minimum Gasteiger partial charge on any atom is -0.372 e. The van der Waals surface area contributed by atoms with Gasteiger partial charge in [-0.25, -0.2) is 13.5 Å². The van der Waals surface area contributed by atoms with Crippen LogP contribution in [0.5, 0.6) is 0 Å². The number of piperazine rings is 1. The van der Waals surface area contributed by atoms with Crippen LogP contribution in [0.3, 0.4) is 0 Å². The zero-order chi connectivity index (χ0) is 31.0. The van der Waals surface area contributed by atoms with Gasteiger partial charge in [0.05, 0.1) is 12.4 Å². The SMILES string of the molecule is C=C1C=C([C@@H](NC(=O)COCC)/C(C)=C/N=CN(C)C)c2cc(Cl)ccc2[C@H](N2CCN(S(=O)/C(C)=C/C)CC2)C1C. The van der Waals surface area contributed by atoms with Crippen molar-refractivity contribution in [3.63, 3.8) is 0 Å². The van der Waals surface area contributed by atoms with E-state index >= 15 is 0 Å². The van der Waals surface area contributed by atoms with Crippen molar-refractivity contribution in [1.82, 2.24) is 19.4 Å². The molecule has 0 bridgehead atoms. The maximum Gasteiger partial charge on any atom is 0.246 e. The lowest BCUT2D eigenvalue weighted by Crippen LogP contribution is -2.49. The fourth-order valence-electron chi connectivity index (χ4n) is 5.31. The predicted molar refractivity (Wildman–Crippen MR) is 176 cm³/mol. The Balaban J connectivity index is 2.05. The molecule has 3 rings (SSSR count). The second kappa shape index (κ2) is 15.8. The molecule has 42 heavy (non-hydrogen) atoms. The molecule has 0 radical (unpaired) electrons. The van der Waals surface area contributed by atoms with Gasteiger partial charge in [-0.2, -0.15) is 0 Å². The van der Waals surface area contributed by atoms with Crippen molar-refractivity contribution in [2.45, 2.75) is 46.7 Å². The Kier molecular flexibility index (Phi) is 12.7. The number of rotatable bonds is 11. The fourth-order valence-corrected chi connectivity index (χ4v) is 6.59. The average Bonchev–Trinajstić information content (AvgIpc) is 3.07. The summed E-state index contributed by atoms with van der Waals surface area (Å²) in [4.78, 5) is 22.6. The molecule has 1 aromatic carbocycles. The van der Waals surface area contributed by atoms with Crippen LogP contribution in [0.2, 0.25) is 5.02 Å². The Morgan fingerprint density at radius 1 is 1.29 bits per heavy atom. The number of hydrogen-bond acceptors (Lipinski definition) is 5. The van der Waals surface area contributed by atoms with Crippen molar-refractivity contribution < 1.29 is 13.7 Å². The van der Waals surface area contributed by atoms with Gasteiger partial charge in [0, 0.05) is 75.0 Å². The molecule has 1 amide bonds. The Labute approximate surface area is 259 Å². The van der Waals surface area contributed by atoms with Gasteiger partial charge in [-0.15, -0.1) is 0 Å². The normalized spacial score (nSPS) is 22.4. The molecule has 1 N–H and O–H groups in total. The molecule has 10 heteroatoms. The van der Waals surface area contributed by atoms with Crippen LogP contribution in [0.25, 0.3) is 5.57 Å². The summed E-state index contributed by atoms with van der Waals surface area (Å²) in [5, 5.41) is 3.80. The van der Waals surface area contributed by atoms with Crippen LogP contribution in [0.1, 0.15) is 51.8 Å². The average molecular weight is 616 g/mol. The molecule has 1 aliphatic heterocycles. The lowest BCUT2D eigenvalue weighted by molar-refractivity contribution is -0.125. The van der Waals surface area contributed by atoms with E-state index in [1.807, 2.05) is 69.2 Å². The standard InChI is InChI=1S/C32H46ClN5O3S/c1-9-24(5)42(40)38-15-13-37(14-16-38)32-25(6)22(3)17-29(28-18-26(33)11-12-27(28)32)31(35-30(39)20-41-10-2)23(4)19-34-21-36(7)8/h9,11-12,17-19,21,25,31-32H,3,10,13-16,20H2,1-2,4-8H3,(H,35,39)/b23-19+,24-9+,34-21?/t25?,31-,32+,42?/m0/s1. The van der Waals surface area contributed by atoms with Crippen molar-refractivity contribution in [2.75, 3.05) is 53.5 Å². The highest BCUT2D eigenvalue weighted by Crippen LogP contribution is 2.44. The molecule has 1 aromatic rings. The minimum atomic E-state index is -1.12. The zero-order valence-corrected chi connectivity index (χ0v) is 27.6. The first-order valence-electron chi connectivity index (χ1n) is 14.5. The molecule has 8 nitrogen and oxygen atoms in total. The molecule has 0 spiro atoms. The minimum absolute atomic E-state index is 0.0325. The van der Waals surface area contributed by atoms with E-state index in [0.717, 1.165) is 45.8 Å². The number of benzene rings is 1. The lowest BCUT2D eigenvalue weighted by atomic mass is 9.86. The Bertz CT molecular complexity index is 1280. The molecule has 230 valence electrons. The van der Waals surface area contributed by atoms with Crippen LogP contribution in [-0.4, -0.2) is 90.1 Å². The van der Waals surface area contributed by atoms with Gasteiger partial charge >= 0.3 is 0 Å². The van der Waals surface area contributed by atoms with Gasteiger partial charge in [-0.3, -0.25) is 9.69 Å². The smallest absolute Gasteiger partial charge is 0.246 e. The molecule has 2 aliphatic rings. The topological polar surface area (TPSA) is 77.5 Å². The van der Waals surface area contributed by atoms with Crippen molar-refractivity contribution in [3.8, 4) is 0 Å². The first-order valence-corrected chi connectivity index (χ1v) is 15.9. The number of amides is 1. The third-order valence-corrected chi connectivity index (χ3v) is 9.57. The summed E-state index contributed by atoms with van der Waals surface area (Å²) in [6.45, 7) is 17.7. The molecule has 1 aliphatic carbocycles. The monoisotopic (exact) mass is 615 g/mol. The number of fused-ring (bicyclic) bond motifs is 1. The van der Waals surface area contributed by atoms with Crippen LogP contribution in [0.4, 0.5) is 0 Å². The molecule has 1 fully saturated rings. The van der Waals surface area contributed by atoms with Gasteiger partial charge in [-0.1, -0.05) is 48.9 Å². The Morgan fingerprint density at radius 2 is 1.98 bits per heavy atom. The van der Waals surface area contributed by atoms with Crippen molar-refractivity contribution in [2.24, 2.45) is 10.9 Å². The Morgan fingerprint density at radius 3 is 2.60 bits per heavy atom. The van der Waals surface area contributed by atoms with Crippen molar-refractivity contribution in [3.05, 3.63) is 75.3 Å². The lowest BCUT2D eigenvalue weighted by Gasteiger charge is -2.41. The zero-order valence-electron chi connectivity index (χ0n) is 26.0. The van der Waals surface area contributed by atoms with Gasteiger partial charge < -0.3 is 15.0 Å². The van der Waals surface area contributed by atoms with Crippen LogP contribution in [-0.2, 0) is 20.5 Å². The maximum absolute atomic E-state index is 13.0. The number of ether oxygens (including phenoxy) is 1. The third kappa shape index (κ3) is 8.51. The van der Waals surface area contributed by atoms with Crippen LogP contribution in [0.15, 0.2) is 64.2 Å². The second-order valence-electron chi connectivity index (χ2n) is 11.0. The first kappa shape index (κ1) is 33.9. The van der Waals surface area contributed by atoms with E-state index in [1.54, 1.807) is 12.5 Å². The summed E-state index contributed by atoms with van der Waals surface area (Å²) in [6.07, 6.45) is 7.51. The largest absolute Gasteiger partial charge is 0.372 e. The summed E-state index contributed by atoms with van der Waals surface area (Å²) < 4.78 is 20.4. The van der Waals surface area contributed by atoms with Gasteiger partial charge in [0.15, 0.2) is 0 Å². The number of nitrogens with zero attached hydrogens (tertiary/aromatic N) is 4. The van der Waals surface area contributed by atoms with Gasteiger partial charge in [0.25, 0.3) is 0 Å². The molecule has 0 saturated carbocycles. The number of allylic oxidation sites excluding steroid dienone is 3. The van der Waals surface area contributed by atoms with E-state index in [1.165, 1.54) is 0 Å². The molecule has 2 unspecified atom stereocenters. The van der Waals surface area contributed by atoms with Crippen molar-refractivity contribution in [1.29, 1.82) is 0 Å². The highest BCUT2D eigenvalue weighted by molar-refractivity contribution is 7.86. The number of nitrogens with one attached hydrogen (secondary N) is 1. The number of carbonyl (C=O) groups is 1. The molecule has 1 heterocycles. The van der Waals surface area contributed by atoms with E-state index in [-0.39, 0.29) is 24.5 Å². The molecule has 1 saturated heterocycles. The second-order valence-corrected chi connectivity index (χ2v) is 13.1. The predicted octanol–water partition coefficient (Wildman–Crippen LogP) is 5.19. The number of hydrogen-bond donors (Lipinski definition) is 1. The number of carbonyl (C=O) groups excluding carboxylic acids is 1. The van der Waals surface area contributed by atoms with Gasteiger partial charge in [-0.05, 0) is 62.1 Å². The molecular formula is C32H46ClN5O3S. The number of aliphatic imine (C=N–C) groups is 1. The van der Waals surface area contributed by atoms with Crippen molar-refractivity contribution >= 4 is 40.4 Å². The summed E-state index contributed by atoms with van der Waals surface area (Å²) >= 11 is 6.62. The highest BCUT2D eigenvalue weighted by atomic mass is 35.5. The summed E-state index contributed by atoms with van der Waals surface area (Å²) in [5.41, 5.74) is 4.84. The quantitative estimate of drug-likeness (QED) is 0.274. The van der Waals surface area contributed by atoms with E-state index in [0.29, 0.717) is 24.7 Å². The van der Waals surface area contributed by atoms with Gasteiger partial charge in [0.1, 0.15) is 17.6 Å². The Hall–Kier alpha value is -2.56. The summed E-state index contributed by atoms with van der Waals surface area (Å²) in [7, 11) is 2.70.